The van der Waals surface area contributed by atoms with Gasteiger partial charge in [-0.15, -0.1) is 0 Å². The van der Waals surface area contributed by atoms with Crippen LogP contribution in [0.4, 0.5) is 0 Å². The standard InChI is InChI=1S/C14H23NO3/c16-13(8-5-10-3-1-2-4-10)15-12-7-6-11(9-12)14(17)18/h10-12H,1-9H2,(H,15,16)(H,17,18)/t11-,12+/m1/s1. The fraction of sp³-hybridized carbons (Fsp3) is 0.857. The third-order valence-corrected chi connectivity index (χ3v) is 4.40. The van der Waals surface area contributed by atoms with Gasteiger partial charge >= 0.3 is 5.97 Å². The molecule has 0 aromatic heterocycles. The summed E-state index contributed by atoms with van der Waals surface area (Å²) in [6, 6.07) is 0.0854. The Balaban J connectivity index is 1.63. The molecule has 0 aliphatic heterocycles. The van der Waals surface area contributed by atoms with Gasteiger partial charge in [0.25, 0.3) is 0 Å². The summed E-state index contributed by atoms with van der Waals surface area (Å²) in [5.41, 5.74) is 0. The lowest BCUT2D eigenvalue weighted by molar-refractivity contribution is -0.141. The number of amides is 1. The van der Waals surface area contributed by atoms with E-state index in [1.54, 1.807) is 0 Å². The predicted octanol–water partition coefficient (Wildman–Crippen LogP) is 2.33. The van der Waals surface area contributed by atoms with Crippen LogP contribution in [0.1, 0.15) is 57.8 Å². The van der Waals surface area contributed by atoms with E-state index < -0.39 is 5.97 Å². The minimum absolute atomic E-state index is 0.0854. The molecule has 4 nitrogen and oxygen atoms in total. The third kappa shape index (κ3) is 3.72. The van der Waals surface area contributed by atoms with Gasteiger partial charge in [-0.2, -0.15) is 0 Å². The van der Waals surface area contributed by atoms with Crippen LogP contribution in [-0.4, -0.2) is 23.0 Å². The molecule has 0 radical (unpaired) electrons. The second-order valence-corrected chi connectivity index (χ2v) is 5.80. The Kier molecular flexibility index (Phi) is 4.61. The molecule has 2 N–H and O–H groups in total. The molecular formula is C14H23NO3. The Morgan fingerprint density at radius 1 is 1.11 bits per heavy atom. The van der Waals surface area contributed by atoms with Crippen molar-refractivity contribution in [3.05, 3.63) is 0 Å². The number of aliphatic carboxylic acids is 1. The van der Waals surface area contributed by atoms with E-state index in [1.165, 1.54) is 25.7 Å². The highest BCUT2D eigenvalue weighted by Gasteiger charge is 2.30. The average molecular weight is 253 g/mol. The molecule has 18 heavy (non-hydrogen) atoms. The summed E-state index contributed by atoms with van der Waals surface area (Å²) in [4.78, 5) is 22.6. The smallest absolute Gasteiger partial charge is 0.306 e. The summed E-state index contributed by atoms with van der Waals surface area (Å²) in [5, 5.41) is 11.9. The Morgan fingerprint density at radius 2 is 1.83 bits per heavy atom. The zero-order valence-corrected chi connectivity index (χ0v) is 10.9. The largest absolute Gasteiger partial charge is 0.481 e. The zero-order valence-electron chi connectivity index (χ0n) is 10.9. The van der Waals surface area contributed by atoms with E-state index >= 15 is 0 Å². The van der Waals surface area contributed by atoms with Crippen molar-refractivity contribution in [3.63, 3.8) is 0 Å². The third-order valence-electron chi connectivity index (χ3n) is 4.40. The molecule has 0 aromatic rings. The van der Waals surface area contributed by atoms with E-state index in [1.807, 2.05) is 0 Å². The summed E-state index contributed by atoms with van der Waals surface area (Å²) in [6.45, 7) is 0. The van der Waals surface area contributed by atoms with Crippen molar-refractivity contribution < 1.29 is 14.7 Å². The van der Waals surface area contributed by atoms with E-state index in [-0.39, 0.29) is 17.9 Å². The van der Waals surface area contributed by atoms with Gasteiger partial charge in [0.2, 0.25) is 5.91 Å². The number of nitrogens with one attached hydrogen (secondary N) is 1. The first-order valence-electron chi connectivity index (χ1n) is 7.17. The molecule has 0 bridgehead atoms. The lowest BCUT2D eigenvalue weighted by Gasteiger charge is -2.13. The summed E-state index contributed by atoms with van der Waals surface area (Å²) >= 11 is 0. The highest BCUT2D eigenvalue weighted by molar-refractivity contribution is 5.76. The number of carbonyl (C=O) groups excluding carboxylic acids is 1. The topological polar surface area (TPSA) is 66.4 Å². The first-order chi connectivity index (χ1) is 8.65. The number of hydrogen-bond acceptors (Lipinski definition) is 2. The van der Waals surface area contributed by atoms with Gasteiger partial charge in [-0.25, -0.2) is 0 Å². The molecule has 2 aliphatic rings. The first kappa shape index (κ1) is 13.4. The van der Waals surface area contributed by atoms with Gasteiger partial charge in [-0.05, 0) is 31.6 Å². The number of carbonyl (C=O) groups is 2. The van der Waals surface area contributed by atoms with Gasteiger partial charge in [0.05, 0.1) is 5.92 Å². The zero-order chi connectivity index (χ0) is 13.0. The molecule has 1 amide bonds. The van der Waals surface area contributed by atoms with Crippen molar-refractivity contribution in [2.45, 2.75) is 63.8 Å². The number of carboxylic acid groups (broad SMARTS) is 1. The van der Waals surface area contributed by atoms with Crippen LogP contribution in [-0.2, 0) is 9.59 Å². The van der Waals surface area contributed by atoms with E-state index in [0.29, 0.717) is 19.3 Å². The molecular weight excluding hydrogens is 230 g/mol. The molecule has 0 saturated heterocycles. The fourth-order valence-electron chi connectivity index (χ4n) is 3.27. The van der Waals surface area contributed by atoms with Crippen LogP contribution in [0.2, 0.25) is 0 Å². The molecule has 4 heteroatoms. The minimum Gasteiger partial charge on any atom is -0.481 e. The van der Waals surface area contributed by atoms with Crippen molar-refractivity contribution in [3.8, 4) is 0 Å². The summed E-state index contributed by atoms with van der Waals surface area (Å²) in [5.74, 6) is -0.133. The Hall–Kier alpha value is -1.06. The van der Waals surface area contributed by atoms with Crippen LogP contribution in [0.5, 0.6) is 0 Å². The first-order valence-corrected chi connectivity index (χ1v) is 7.17. The molecule has 2 fully saturated rings. The van der Waals surface area contributed by atoms with E-state index in [2.05, 4.69) is 5.32 Å². The molecule has 2 saturated carbocycles. The van der Waals surface area contributed by atoms with Crippen LogP contribution in [0.3, 0.4) is 0 Å². The summed E-state index contributed by atoms with van der Waals surface area (Å²) in [6.07, 6.45) is 8.90. The van der Waals surface area contributed by atoms with E-state index in [4.69, 9.17) is 5.11 Å². The summed E-state index contributed by atoms with van der Waals surface area (Å²) in [7, 11) is 0. The van der Waals surface area contributed by atoms with Crippen LogP contribution in [0.25, 0.3) is 0 Å². The molecule has 0 spiro atoms. The van der Waals surface area contributed by atoms with Crippen LogP contribution in [0.15, 0.2) is 0 Å². The number of rotatable bonds is 5. The lowest BCUT2D eigenvalue weighted by atomic mass is 10.0. The molecule has 2 atom stereocenters. The quantitative estimate of drug-likeness (QED) is 0.790. The average Bonchev–Trinajstić information content (AvgIpc) is 2.96. The summed E-state index contributed by atoms with van der Waals surface area (Å²) < 4.78 is 0. The van der Waals surface area contributed by atoms with Gasteiger partial charge in [-0.1, -0.05) is 25.7 Å². The maximum Gasteiger partial charge on any atom is 0.306 e. The van der Waals surface area contributed by atoms with Gasteiger partial charge in [-0.3, -0.25) is 9.59 Å². The second kappa shape index (κ2) is 6.21. The molecule has 0 aromatic carbocycles. The maximum absolute atomic E-state index is 11.8. The number of carboxylic acids is 1. The van der Waals surface area contributed by atoms with Crippen LogP contribution < -0.4 is 5.32 Å². The normalized spacial score (nSPS) is 28.4. The molecule has 0 unspecified atom stereocenters. The molecule has 102 valence electrons. The monoisotopic (exact) mass is 253 g/mol. The van der Waals surface area contributed by atoms with Crippen molar-refractivity contribution in [2.24, 2.45) is 11.8 Å². The predicted molar refractivity (Wildman–Crippen MR) is 68.1 cm³/mol. The van der Waals surface area contributed by atoms with Gasteiger partial charge in [0.15, 0.2) is 0 Å². The Morgan fingerprint density at radius 3 is 2.44 bits per heavy atom. The Bertz CT molecular complexity index is 310. The van der Waals surface area contributed by atoms with Gasteiger partial charge < -0.3 is 10.4 Å². The number of hydrogen-bond donors (Lipinski definition) is 2. The van der Waals surface area contributed by atoms with Crippen LogP contribution >= 0.6 is 0 Å². The van der Waals surface area contributed by atoms with Crippen molar-refractivity contribution in [1.29, 1.82) is 0 Å². The minimum atomic E-state index is -0.724. The van der Waals surface area contributed by atoms with Crippen molar-refractivity contribution in [1.82, 2.24) is 5.32 Å². The van der Waals surface area contributed by atoms with Crippen molar-refractivity contribution >= 4 is 11.9 Å². The maximum atomic E-state index is 11.8. The Labute approximate surface area is 108 Å². The fourth-order valence-corrected chi connectivity index (χ4v) is 3.27. The van der Waals surface area contributed by atoms with Crippen LogP contribution in [0, 0.1) is 11.8 Å². The van der Waals surface area contributed by atoms with E-state index in [0.717, 1.165) is 18.8 Å². The lowest BCUT2D eigenvalue weighted by Crippen LogP contribution is -2.33. The SMILES string of the molecule is O=C(CCC1CCCC1)N[C@H]1CC[C@@H](C(=O)O)C1. The van der Waals surface area contributed by atoms with Gasteiger partial charge in [0, 0.05) is 12.5 Å². The molecule has 2 aliphatic carbocycles. The van der Waals surface area contributed by atoms with E-state index in [9.17, 15) is 9.59 Å². The molecule has 2 rings (SSSR count). The van der Waals surface area contributed by atoms with Gasteiger partial charge in [0.1, 0.15) is 0 Å². The molecule has 0 heterocycles. The highest BCUT2D eigenvalue weighted by Crippen LogP contribution is 2.29. The van der Waals surface area contributed by atoms with Crippen molar-refractivity contribution in [2.75, 3.05) is 0 Å². The second-order valence-electron chi connectivity index (χ2n) is 5.80. The highest BCUT2D eigenvalue weighted by atomic mass is 16.4.